The van der Waals surface area contributed by atoms with Gasteiger partial charge < -0.3 is 15.8 Å². The molecule has 0 aromatic heterocycles. The molecule has 0 saturated heterocycles. The molecule has 0 spiro atoms. The van der Waals surface area contributed by atoms with Gasteiger partial charge in [-0.05, 0) is 44.4 Å². The monoisotopic (exact) mass is 312 g/mol. The molecular formula is C19H24N2O2. The minimum atomic E-state index is -0.478. The van der Waals surface area contributed by atoms with E-state index in [1.54, 1.807) is 6.07 Å². The van der Waals surface area contributed by atoms with Crippen LogP contribution in [0.25, 0.3) is 0 Å². The topological polar surface area (TPSA) is 64.3 Å². The van der Waals surface area contributed by atoms with Gasteiger partial charge in [0.1, 0.15) is 0 Å². The maximum atomic E-state index is 11.6. The molecule has 4 nitrogen and oxygen atoms in total. The first-order valence-electron chi connectivity index (χ1n) is 7.98. The van der Waals surface area contributed by atoms with Crippen LogP contribution in [0.2, 0.25) is 0 Å². The predicted molar refractivity (Wildman–Crippen MR) is 94.0 cm³/mol. The minimum Gasteiger partial charge on any atom is -0.491 e. The number of amides is 1. The van der Waals surface area contributed by atoms with Crippen LogP contribution in [0.5, 0.6) is 5.75 Å². The number of primary amides is 1. The lowest BCUT2D eigenvalue weighted by Gasteiger charge is -2.19. The molecule has 0 heterocycles. The Balaban J connectivity index is 2.06. The van der Waals surface area contributed by atoms with Gasteiger partial charge in [-0.2, -0.15) is 0 Å². The number of hydrogen-bond acceptors (Lipinski definition) is 3. The Morgan fingerprint density at radius 2 is 1.91 bits per heavy atom. The molecular weight excluding hydrogens is 288 g/mol. The lowest BCUT2D eigenvalue weighted by atomic mass is 10.1. The minimum absolute atomic E-state index is 0.248. The Hall–Kier alpha value is -2.49. The molecule has 2 aromatic rings. The van der Waals surface area contributed by atoms with Gasteiger partial charge in [0.05, 0.1) is 17.9 Å². The smallest absolute Gasteiger partial charge is 0.252 e. The number of ether oxygens (including phenoxy) is 1. The molecule has 1 amide bonds. The third-order valence-electron chi connectivity index (χ3n) is 3.68. The number of nitrogens with two attached hydrogens (primary N) is 1. The Kier molecular flexibility index (Phi) is 6.03. The zero-order valence-electron chi connectivity index (χ0n) is 13.7. The lowest BCUT2D eigenvalue weighted by molar-refractivity contribution is 0.0996. The van der Waals surface area contributed by atoms with Gasteiger partial charge in [-0.3, -0.25) is 4.79 Å². The number of nitrogens with one attached hydrogen (secondary N) is 1. The van der Waals surface area contributed by atoms with Gasteiger partial charge in [-0.25, -0.2) is 0 Å². The van der Waals surface area contributed by atoms with Crippen molar-refractivity contribution in [3.63, 3.8) is 0 Å². The third kappa shape index (κ3) is 4.74. The van der Waals surface area contributed by atoms with Crippen molar-refractivity contribution in [2.24, 2.45) is 5.73 Å². The summed E-state index contributed by atoms with van der Waals surface area (Å²) >= 11 is 0. The number of aryl methyl sites for hydroxylation is 1. The molecule has 2 rings (SSSR count). The highest BCUT2D eigenvalue weighted by Gasteiger charge is 2.15. The molecule has 0 bridgehead atoms. The summed E-state index contributed by atoms with van der Waals surface area (Å²) in [5.74, 6) is 0.0584. The van der Waals surface area contributed by atoms with Crippen molar-refractivity contribution in [3.8, 4) is 5.75 Å². The predicted octanol–water partition coefficient (Wildman–Crippen LogP) is 3.62. The number of carbonyl (C=O) groups is 1. The number of anilines is 1. The maximum Gasteiger partial charge on any atom is 0.252 e. The number of para-hydroxylation sites is 1. The van der Waals surface area contributed by atoms with Crippen molar-refractivity contribution in [2.45, 2.75) is 32.7 Å². The fourth-order valence-corrected chi connectivity index (χ4v) is 2.51. The van der Waals surface area contributed by atoms with Crippen LogP contribution < -0.4 is 15.8 Å². The van der Waals surface area contributed by atoms with Gasteiger partial charge >= 0.3 is 0 Å². The van der Waals surface area contributed by atoms with E-state index in [0.29, 0.717) is 17.9 Å². The quantitative estimate of drug-likeness (QED) is 0.782. The van der Waals surface area contributed by atoms with E-state index in [-0.39, 0.29) is 6.04 Å². The van der Waals surface area contributed by atoms with Crippen LogP contribution in [0.1, 0.15) is 36.2 Å². The number of benzene rings is 2. The van der Waals surface area contributed by atoms with E-state index < -0.39 is 5.91 Å². The molecule has 1 unspecified atom stereocenters. The van der Waals surface area contributed by atoms with Crippen LogP contribution in [-0.2, 0) is 6.42 Å². The third-order valence-corrected chi connectivity index (χ3v) is 3.68. The zero-order valence-corrected chi connectivity index (χ0v) is 13.7. The second kappa shape index (κ2) is 8.22. The Morgan fingerprint density at radius 3 is 2.57 bits per heavy atom. The first kappa shape index (κ1) is 16.9. The van der Waals surface area contributed by atoms with E-state index in [1.807, 2.05) is 25.1 Å². The molecule has 4 heteroatoms. The summed E-state index contributed by atoms with van der Waals surface area (Å²) < 4.78 is 5.63. The average Bonchev–Trinajstić information content (AvgIpc) is 2.55. The summed E-state index contributed by atoms with van der Waals surface area (Å²) in [4.78, 5) is 11.6. The normalized spacial score (nSPS) is 11.7. The van der Waals surface area contributed by atoms with E-state index in [1.165, 1.54) is 5.56 Å². The number of carbonyl (C=O) groups excluding carboxylic acids is 1. The molecule has 23 heavy (non-hydrogen) atoms. The van der Waals surface area contributed by atoms with Crippen LogP contribution in [0.15, 0.2) is 48.5 Å². The maximum absolute atomic E-state index is 11.6. The summed E-state index contributed by atoms with van der Waals surface area (Å²) in [6.45, 7) is 4.49. The van der Waals surface area contributed by atoms with E-state index in [0.717, 1.165) is 18.5 Å². The molecule has 0 saturated carbocycles. The molecule has 0 aliphatic carbocycles. The summed E-state index contributed by atoms with van der Waals surface area (Å²) in [7, 11) is 0. The van der Waals surface area contributed by atoms with Crippen molar-refractivity contribution < 1.29 is 9.53 Å². The molecule has 122 valence electrons. The fraction of sp³-hybridized carbons (Fsp3) is 0.316. The highest BCUT2D eigenvalue weighted by atomic mass is 16.5. The Morgan fingerprint density at radius 1 is 1.17 bits per heavy atom. The average molecular weight is 312 g/mol. The van der Waals surface area contributed by atoms with Crippen molar-refractivity contribution in [3.05, 3.63) is 59.7 Å². The number of rotatable bonds is 8. The van der Waals surface area contributed by atoms with E-state index in [2.05, 4.69) is 36.5 Å². The van der Waals surface area contributed by atoms with Crippen LogP contribution in [0.4, 0.5) is 5.69 Å². The van der Waals surface area contributed by atoms with Crippen LogP contribution in [-0.4, -0.2) is 18.6 Å². The number of hydrogen-bond donors (Lipinski definition) is 2. The van der Waals surface area contributed by atoms with Gasteiger partial charge in [0.15, 0.2) is 5.75 Å². The first-order valence-corrected chi connectivity index (χ1v) is 7.98. The molecule has 0 fully saturated rings. The van der Waals surface area contributed by atoms with Crippen molar-refractivity contribution in [2.75, 3.05) is 11.9 Å². The van der Waals surface area contributed by atoms with E-state index in [9.17, 15) is 4.79 Å². The van der Waals surface area contributed by atoms with E-state index in [4.69, 9.17) is 10.5 Å². The van der Waals surface area contributed by atoms with Gasteiger partial charge in [0.2, 0.25) is 0 Å². The van der Waals surface area contributed by atoms with Crippen LogP contribution in [0, 0.1) is 0 Å². The molecule has 3 N–H and O–H groups in total. The highest BCUT2D eigenvalue weighted by molar-refractivity contribution is 5.97. The van der Waals surface area contributed by atoms with Crippen molar-refractivity contribution >= 4 is 11.6 Å². The van der Waals surface area contributed by atoms with Crippen LogP contribution in [0.3, 0.4) is 0 Å². The SMILES string of the molecule is CCOc1c(NC(C)CCc2ccccc2)cccc1C(N)=O. The largest absolute Gasteiger partial charge is 0.491 e. The second-order valence-electron chi connectivity index (χ2n) is 5.55. The van der Waals surface area contributed by atoms with Gasteiger partial charge in [0, 0.05) is 6.04 Å². The molecule has 0 radical (unpaired) electrons. The first-order chi connectivity index (χ1) is 11.1. The van der Waals surface area contributed by atoms with Gasteiger partial charge in [-0.1, -0.05) is 36.4 Å². The molecule has 2 aromatic carbocycles. The lowest BCUT2D eigenvalue weighted by Crippen LogP contribution is -2.19. The molecule has 0 aliphatic heterocycles. The zero-order chi connectivity index (χ0) is 16.7. The van der Waals surface area contributed by atoms with Gasteiger partial charge in [0.25, 0.3) is 5.91 Å². The second-order valence-corrected chi connectivity index (χ2v) is 5.55. The van der Waals surface area contributed by atoms with Crippen molar-refractivity contribution in [1.29, 1.82) is 0 Å². The van der Waals surface area contributed by atoms with Crippen molar-refractivity contribution in [1.82, 2.24) is 0 Å². The van der Waals surface area contributed by atoms with E-state index >= 15 is 0 Å². The summed E-state index contributed by atoms with van der Waals surface area (Å²) in [5, 5.41) is 3.43. The summed E-state index contributed by atoms with van der Waals surface area (Å²) in [6.07, 6.45) is 1.98. The summed E-state index contributed by atoms with van der Waals surface area (Å²) in [5.41, 5.74) is 7.97. The Bertz CT molecular complexity index is 641. The van der Waals surface area contributed by atoms with Crippen LogP contribution >= 0.6 is 0 Å². The Labute approximate surface area is 137 Å². The summed E-state index contributed by atoms with van der Waals surface area (Å²) in [6, 6.07) is 16.1. The fourth-order valence-electron chi connectivity index (χ4n) is 2.51. The molecule has 1 atom stereocenters. The molecule has 0 aliphatic rings. The highest BCUT2D eigenvalue weighted by Crippen LogP contribution is 2.29. The van der Waals surface area contributed by atoms with Gasteiger partial charge in [-0.15, -0.1) is 0 Å². The standard InChI is InChI=1S/C19H24N2O2/c1-3-23-18-16(19(20)22)10-7-11-17(18)21-14(2)12-13-15-8-5-4-6-9-15/h4-11,14,21H,3,12-13H2,1-2H3,(H2,20,22).